The van der Waals surface area contributed by atoms with Gasteiger partial charge in [-0.15, -0.1) is 0 Å². The number of carboxylic acid groups (broad SMARTS) is 1. The Balaban J connectivity index is 2.48. The van der Waals surface area contributed by atoms with Crippen LogP contribution < -0.4 is 0 Å². The summed E-state index contributed by atoms with van der Waals surface area (Å²) in [5, 5.41) is 8.79. The topological polar surface area (TPSA) is 60.9 Å². The van der Waals surface area contributed by atoms with Crippen molar-refractivity contribution in [2.45, 2.75) is 46.0 Å². The van der Waals surface area contributed by atoms with E-state index in [9.17, 15) is 9.59 Å². The zero-order valence-corrected chi connectivity index (χ0v) is 12.8. The van der Waals surface area contributed by atoms with Gasteiger partial charge in [-0.05, 0) is 18.8 Å². The standard InChI is InChI=1S/C15H28N2O3/c1-13(2)11-16(10-7-15(19)20)12-14(18)17-8-5-3-4-6-9-17/h13H,3-12H2,1-2H3,(H,19,20). The van der Waals surface area contributed by atoms with Crippen LogP contribution >= 0.6 is 0 Å². The highest BCUT2D eigenvalue weighted by molar-refractivity contribution is 5.78. The number of nitrogens with zero attached hydrogens (tertiary/aromatic N) is 2. The number of amides is 1. The van der Waals surface area contributed by atoms with Crippen molar-refractivity contribution in [2.75, 3.05) is 32.7 Å². The van der Waals surface area contributed by atoms with Crippen LogP contribution in [0.3, 0.4) is 0 Å². The maximum absolute atomic E-state index is 12.3. The Morgan fingerprint density at radius 3 is 2.25 bits per heavy atom. The summed E-state index contributed by atoms with van der Waals surface area (Å²) in [5.74, 6) is -0.223. The van der Waals surface area contributed by atoms with E-state index in [4.69, 9.17) is 5.11 Å². The second-order valence-electron chi connectivity index (χ2n) is 6.07. The van der Waals surface area contributed by atoms with Crippen molar-refractivity contribution >= 4 is 11.9 Å². The van der Waals surface area contributed by atoms with Crippen LogP contribution in [0.5, 0.6) is 0 Å². The minimum Gasteiger partial charge on any atom is -0.481 e. The first-order valence-corrected chi connectivity index (χ1v) is 7.71. The predicted octanol–water partition coefficient (Wildman–Crippen LogP) is 1.82. The van der Waals surface area contributed by atoms with E-state index in [1.807, 2.05) is 9.80 Å². The van der Waals surface area contributed by atoms with Crippen LogP contribution in [-0.4, -0.2) is 59.5 Å². The van der Waals surface area contributed by atoms with Crippen molar-refractivity contribution in [1.82, 2.24) is 9.80 Å². The summed E-state index contributed by atoms with van der Waals surface area (Å²) in [4.78, 5) is 26.9. The first-order valence-electron chi connectivity index (χ1n) is 7.71. The molecule has 1 rings (SSSR count). The third-order valence-electron chi connectivity index (χ3n) is 3.58. The van der Waals surface area contributed by atoms with Gasteiger partial charge in [-0.3, -0.25) is 14.5 Å². The second-order valence-corrected chi connectivity index (χ2v) is 6.07. The van der Waals surface area contributed by atoms with Crippen molar-refractivity contribution in [2.24, 2.45) is 5.92 Å². The summed E-state index contributed by atoms with van der Waals surface area (Å²) in [6.45, 7) is 7.46. The van der Waals surface area contributed by atoms with E-state index < -0.39 is 5.97 Å². The molecule has 5 heteroatoms. The molecule has 0 spiro atoms. The Morgan fingerprint density at radius 1 is 1.15 bits per heavy atom. The molecule has 1 saturated heterocycles. The molecule has 1 amide bonds. The number of likely N-dealkylation sites (tertiary alicyclic amines) is 1. The largest absolute Gasteiger partial charge is 0.481 e. The summed E-state index contributed by atoms with van der Waals surface area (Å²) in [6.07, 6.45) is 4.69. The van der Waals surface area contributed by atoms with Crippen molar-refractivity contribution in [3.8, 4) is 0 Å². The second kappa shape index (κ2) is 8.95. The Morgan fingerprint density at radius 2 is 1.75 bits per heavy atom. The quantitative estimate of drug-likeness (QED) is 0.774. The number of carbonyl (C=O) groups is 2. The van der Waals surface area contributed by atoms with E-state index in [2.05, 4.69) is 13.8 Å². The zero-order chi connectivity index (χ0) is 15.0. The first-order chi connectivity index (χ1) is 9.49. The smallest absolute Gasteiger partial charge is 0.304 e. The fraction of sp³-hybridized carbons (Fsp3) is 0.867. The summed E-state index contributed by atoms with van der Waals surface area (Å²) in [5.41, 5.74) is 0. The van der Waals surface area contributed by atoms with Crippen LogP contribution in [0.25, 0.3) is 0 Å². The minimum atomic E-state index is -0.805. The van der Waals surface area contributed by atoms with Crippen molar-refractivity contribution in [3.05, 3.63) is 0 Å². The van der Waals surface area contributed by atoms with E-state index in [0.29, 0.717) is 19.0 Å². The summed E-state index contributed by atoms with van der Waals surface area (Å²) in [7, 11) is 0. The van der Waals surface area contributed by atoms with Crippen molar-refractivity contribution < 1.29 is 14.7 Å². The molecule has 1 N–H and O–H groups in total. The fourth-order valence-corrected chi connectivity index (χ4v) is 2.62. The van der Waals surface area contributed by atoms with Gasteiger partial charge in [0, 0.05) is 26.2 Å². The van der Waals surface area contributed by atoms with E-state index in [-0.39, 0.29) is 12.3 Å². The lowest BCUT2D eigenvalue weighted by molar-refractivity contribution is -0.138. The molecule has 1 aliphatic rings. The van der Waals surface area contributed by atoms with Gasteiger partial charge in [-0.25, -0.2) is 0 Å². The Hall–Kier alpha value is -1.10. The van der Waals surface area contributed by atoms with Crippen molar-refractivity contribution in [1.29, 1.82) is 0 Å². The molecular weight excluding hydrogens is 256 g/mol. The van der Waals surface area contributed by atoms with Gasteiger partial charge in [-0.1, -0.05) is 26.7 Å². The number of carboxylic acids is 1. The summed E-state index contributed by atoms with van der Waals surface area (Å²) >= 11 is 0. The lowest BCUT2D eigenvalue weighted by Crippen LogP contribution is -2.42. The maximum Gasteiger partial charge on any atom is 0.304 e. The maximum atomic E-state index is 12.3. The Bertz CT molecular complexity index is 310. The van der Waals surface area contributed by atoms with Crippen LogP contribution in [0.4, 0.5) is 0 Å². The number of aliphatic carboxylic acids is 1. The number of hydrogen-bond acceptors (Lipinski definition) is 3. The number of carbonyl (C=O) groups excluding carboxylic acids is 1. The van der Waals surface area contributed by atoms with Gasteiger partial charge >= 0.3 is 5.97 Å². The van der Waals surface area contributed by atoms with Gasteiger partial charge in [0.15, 0.2) is 0 Å². The normalized spacial score (nSPS) is 16.5. The molecule has 0 aromatic carbocycles. The van der Waals surface area contributed by atoms with Crippen molar-refractivity contribution in [3.63, 3.8) is 0 Å². The zero-order valence-electron chi connectivity index (χ0n) is 12.8. The van der Waals surface area contributed by atoms with Gasteiger partial charge in [0.1, 0.15) is 0 Å². The van der Waals surface area contributed by atoms with E-state index in [0.717, 1.165) is 32.5 Å². The fourth-order valence-electron chi connectivity index (χ4n) is 2.62. The van der Waals surface area contributed by atoms with Crippen LogP contribution in [-0.2, 0) is 9.59 Å². The molecule has 0 radical (unpaired) electrons. The van der Waals surface area contributed by atoms with Gasteiger partial charge < -0.3 is 10.0 Å². The SMILES string of the molecule is CC(C)CN(CCC(=O)O)CC(=O)N1CCCCCC1. The summed E-state index contributed by atoms with van der Waals surface area (Å²) in [6, 6.07) is 0. The third-order valence-corrected chi connectivity index (χ3v) is 3.58. The van der Waals surface area contributed by atoms with Crippen LogP contribution in [0.2, 0.25) is 0 Å². The molecule has 0 aliphatic carbocycles. The molecule has 0 aromatic rings. The molecule has 1 aliphatic heterocycles. The predicted molar refractivity (Wildman–Crippen MR) is 78.6 cm³/mol. The number of hydrogen-bond donors (Lipinski definition) is 1. The lowest BCUT2D eigenvalue weighted by Gasteiger charge is -2.27. The van der Waals surface area contributed by atoms with Gasteiger partial charge in [0.25, 0.3) is 0 Å². The minimum absolute atomic E-state index is 0.0972. The van der Waals surface area contributed by atoms with E-state index >= 15 is 0 Å². The molecule has 0 atom stereocenters. The van der Waals surface area contributed by atoms with E-state index in [1.165, 1.54) is 12.8 Å². The Labute approximate surface area is 121 Å². The van der Waals surface area contributed by atoms with Gasteiger partial charge in [-0.2, -0.15) is 0 Å². The molecule has 0 unspecified atom stereocenters. The van der Waals surface area contributed by atoms with Crippen LogP contribution in [0, 0.1) is 5.92 Å². The average Bonchev–Trinajstić information content (AvgIpc) is 2.64. The molecule has 116 valence electrons. The molecule has 5 nitrogen and oxygen atoms in total. The highest BCUT2D eigenvalue weighted by atomic mass is 16.4. The van der Waals surface area contributed by atoms with Crippen LogP contribution in [0.15, 0.2) is 0 Å². The molecule has 0 aromatic heterocycles. The lowest BCUT2D eigenvalue weighted by atomic mass is 10.2. The molecule has 1 heterocycles. The first kappa shape index (κ1) is 17.0. The summed E-state index contributed by atoms with van der Waals surface area (Å²) < 4.78 is 0. The van der Waals surface area contributed by atoms with E-state index in [1.54, 1.807) is 0 Å². The van der Waals surface area contributed by atoms with Crippen LogP contribution in [0.1, 0.15) is 46.0 Å². The monoisotopic (exact) mass is 284 g/mol. The molecule has 0 saturated carbocycles. The number of rotatable bonds is 7. The van der Waals surface area contributed by atoms with Gasteiger partial charge in [0.05, 0.1) is 13.0 Å². The van der Waals surface area contributed by atoms with Gasteiger partial charge in [0.2, 0.25) is 5.91 Å². The third kappa shape index (κ3) is 6.89. The Kier molecular flexibility index (Phi) is 7.59. The average molecular weight is 284 g/mol. The highest BCUT2D eigenvalue weighted by Crippen LogP contribution is 2.10. The molecule has 1 fully saturated rings. The molecule has 0 bridgehead atoms. The molecule has 20 heavy (non-hydrogen) atoms. The molecular formula is C15H28N2O3. The highest BCUT2D eigenvalue weighted by Gasteiger charge is 2.19.